The van der Waals surface area contributed by atoms with Crippen LogP contribution >= 0.6 is 0 Å². The molecule has 0 saturated carbocycles. The maximum absolute atomic E-state index is 13.9. The first kappa shape index (κ1) is 17.8. The van der Waals surface area contributed by atoms with E-state index in [-0.39, 0.29) is 11.1 Å². The van der Waals surface area contributed by atoms with Gasteiger partial charge in [0.2, 0.25) is 5.78 Å². The van der Waals surface area contributed by atoms with Crippen LogP contribution in [0.5, 0.6) is 0 Å². The summed E-state index contributed by atoms with van der Waals surface area (Å²) in [6, 6.07) is 11.4. The molecule has 2 aromatic rings. The summed E-state index contributed by atoms with van der Waals surface area (Å²) < 4.78 is 65.5. The zero-order valence-corrected chi connectivity index (χ0v) is 12.4. The molecular weight excluding hydrogens is 327 g/mol. The molecule has 0 fully saturated rings. The Bertz CT molecular complexity index is 733. The molecule has 24 heavy (non-hydrogen) atoms. The van der Waals surface area contributed by atoms with Crippen molar-refractivity contribution in [3.63, 3.8) is 0 Å². The van der Waals surface area contributed by atoms with Gasteiger partial charge in [-0.3, -0.25) is 4.79 Å². The Kier molecular flexibility index (Phi) is 5.17. The molecule has 0 saturated heterocycles. The first-order valence-corrected chi connectivity index (χ1v) is 7.01. The molecule has 0 heterocycles. The molecule has 0 radical (unpaired) electrons. The van der Waals surface area contributed by atoms with Crippen LogP contribution < -0.4 is 0 Å². The third-order valence-corrected chi connectivity index (χ3v) is 3.27. The average Bonchev–Trinajstić information content (AvgIpc) is 2.54. The van der Waals surface area contributed by atoms with Gasteiger partial charge in [0.15, 0.2) is 0 Å². The second kappa shape index (κ2) is 6.95. The van der Waals surface area contributed by atoms with E-state index in [1.807, 2.05) is 0 Å². The van der Waals surface area contributed by atoms with Gasteiger partial charge in [-0.15, -0.1) is 0 Å². The summed E-state index contributed by atoms with van der Waals surface area (Å²) in [6.45, 7) is 0. The molecule has 0 spiro atoms. The minimum atomic E-state index is -4.50. The van der Waals surface area contributed by atoms with Gasteiger partial charge in [-0.1, -0.05) is 54.6 Å². The number of alkyl halides is 5. The molecule has 0 aliphatic heterocycles. The zero-order valence-electron chi connectivity index (χ0n) is 12.4. The van der Waals surface area contributed by atoms with Gasteiger partial charge in [0, 0.05) is 12.0 Å². The number of benzene rings is 2. The molecule has 2 aromatic carbocycles. The van der Waals surface area contributed by atoms with Crippen molar-refractivity contribution in [2.24, 2.45) is 0 Å². The smallest absolute Gasteiger partial charge is 0.287 e. The first-order chi connectivity index (χ1) is 11.2. The molecule has 0 amide bonds. The molecule has 0 bridgehead atoms. The van der Waals surface area contributed by atoms with Crippen molar-refractivity contribution in [1.82, 2.24) is 0 Å². The Hall–Kier alpha value is -2.50. The second-order valence-corrected chi connectivity index (χ2v) is 5.13. The topological polar surface area (TPSA) is 17.1 Å². The van der Waals surface area contributed by atoms with Gasteiger partial charge in [-0.05, 0) is 17.7 Å². The van der Waals surface area contributed by atoms with Crippen molar-refractivity contribution in [2.75, 3.05) is 0 Å². The third kappa shape index (κ3) is 4.50. The minimum Gasteiger partial charge on any atom is -0.287 e. The largest absolute Gasteiger partial charge is 0.416 e. The Morgan fingerprint density at radius 2 is 1.58 bits per heavy atom. The predicted octanol–water partition coefficient (Wildman–Crippen LogP) is 5.63. The number of rotatable bonds is 5. The van der Waals surface area contributed by atoms with Crippen LogP contribution in [0.4, 0.5) is 22.0 Å². The van der Waals surface area contributed by atoms with Crippen LogP contribution in [0.3, 0.4) is 0 Å². The summed E-state index contributed by atoms with van der Waals surface area (Å²) in [5, 5.41) is 0. The fourth-order valence-electron chi connectivity index (χ4n) is 2.06. The summed E-state index contributed by atoms with van der Waals surface area (Å²) in [5.41, 5.74) is -0.848. The van der Waals surface area contributed by atoms with Gasteiger partial charge >= 0.3 is 12.1 Å². The van der Waals surface area contributed by atoms with E-state index >= 15 is 0 Å². The zero-order chi connectivity index (χ0) is 17.8. The number of ketones is 1. The number of carbonyl (C=O) groups is 1. The molecule has 126 valence electrons. The second-order valence-electron chi connectivity index (χ2n) is 5.13. The van der Waals surface area contributed by atoms with Crippen LogP contribution in [0.1, 0.15) is 27.9 Å². The highest BCUT2D eigenvalue weighted by molar-refractivity contribution is 6.01. The van der Waals surface area contributed by atoms with Crippen molar-refractivity contribution in [2.45, 2.75) is 18.5 Å². The lowest BCUT2D eigenvalue weighted by Gasteiger charge is -2.12. The normalized spacial score (nSPS) is 12.5. The molecule has 0 aliphatic carbocycles. The Balaban J connectivity index is 2.09. The van der Waals surface area contributed by atoms with Crippen LogP contribution in [-0.4, -0.2) is 11.7 Å². The minimum absolute atomic E-state index is 0.116. The molecule has 0 unspecified atom stereocenters. The van der Waals surface area contributed by atoms with Crippen LogP contribution in [0.15, 0.2) is 60.7 Å². The molecule has 0 aliphatic rings. The fraction of sp³-hybridized carbons (Fsp3) is 0.167. The quantitative estimate of drug-likeness (QED) is 0.509. The lowest BCUT2D eigenvalue weighted by molar-refractivity contribution is -0.137. The molecule has 0 aromatic heterocycles. The SMILES string of the molecule is O=C(c1ccccc1)C(F)(F)C/C=C/c1cccc(C(F)(F)F)c1. The van der Waals surface area contributed by atoms with Gasteiger partial charge in [-0.2, -0.15) is 22.0 Å². The lowest BCUT2D eigenvalue weighted by atomic mass is 10.0. The number of hydrogen-bond acceptors (Lipinski definition) is 1. The summed E-state index contributed by atoms with van der Waals surface area (Å²) >= 11 is 0. The number of carbonyl (C=O) groups excluding carboxylic acids is 1. The maximum Gasteiger partial charge on any atom is 0.416 e. The Labute approximate surface area is 135 Å². The monoisotopic (exact) mass is 340 g/mol. The van der Waals surface area contributed by atoms with E-state index in [1.165, 1.54) is 36.4 Å². The van der Waals surface area contributed by atoms with Crippen molar-refractivity contribution in [3.05, 3.63) is 77.4 Å². The first-order valence-electron chi connectivity index (χ1n) is 7.01. The summed E-state index contributed by atoms with van der Waals surface area (Å²) in [4.78, 5) is 11.8. The molecule has 0 N–H and O–H groups in total. The Morgan fingerprint density at radius 1 is 0.917 bits per heavy atom. The predicted molar refractivity (Wildman–Crippen MR) is 80.8 cm³/mol. The van der Waals surface area contributed by atoms with Crippen LogP contribution in [-0.2, 0) is 6.18 Å². The van der Waals surface area contributed by atoms with E-state index in [0.29, 0.717) is 0 Å². The van der Waals surface area contributed by atoms with Gasteiger partial charge in [0.1, 0.15) is 0 Å². The number of Topliss-reactive ketones (excluding diaryl/α,β-unsaturated/α-hetero) is 1. The highest BCUT2D eigenvalue weighted by atomic mass is 19.4. The van der Waals surface area contributed by atoms with E-state index < -0.39 is 29.9 Å². The van der Waals surface area contributed by atoms with Crippen molar-refractivity contribution in [1.29, 1.82) is 0 Å². The van der Waals surface area contributed by atoms with E-state index in [4.69, 9.17) is 0 Å². The number of allylic oxidation sites excluding steroid dienone is 1. The molecule has 0 atom stereocenters. The van der Waals surface area contributed by atoms with Crippen molar-refractivity contribution < 1.29 is 26.7 Å². The van der Waals surface area contributed by atoms with E-state index in [0.717, 1.165) is 24.3 Å². The molecule has 1 nitrogen and oxygen atoms in total. The van der Waals surface area contributed by atoms with Gasteiger partial charge < -0.3 is 0 Å². The third-order valence-electron chi connectivity index (χ3n) is 3.27. The van der Waals surface area contributed by atoms with Gasteiger partial charge in [0.05, 0.1) is 5.56 Å². The van der Waals surface area contributed by atoms with E-state index in [2.05, 4.69) is 0 Å². The van der Waals surface area contributed by atoms with Crippen molar-refractivity contribution in [3.8, 4) is 0 Å². The van der Waals surface area contributed by atoms with Gasteiger partial charge in [-0.25, -0.2) is 0 Å². The highest BCUT2D eigenvalue weighted by Gasteiger charge is 2.37. The standard InChI is InChI=1S/C18H13F5O/c19-17(20,16(24)14-8-2-1-3-9-14)11-5-7-13-6-4-10-15(12-13)18(21,22)23/h1-10,12H,11H2/b7-5+. The Morgan fingerprint density at radius 3 is 2.21 bits per heavy atom. The van der Waals surface area contributed by atoms with Crippen molar-refractivity contribution >= 4 is 11.9 Å². The number of hydrogen-bond donors (Lipinski definition) is 0. The van der Waals surface area contributed by atoms with Gasteiger partial charge in [0.25, 0.3) is 0 Å². The molecular formula is C18H13F5O. The highest BCUT2D eigenvalue weighted by Crippen LogP contribution is 2.30. The summed E-state index contributed by atoms with van der Waals surface area (Å²) in [5.74, 6) is -4.95. The summed E-state index contributed by atoms with van der Waals surface area (Å²) in [7, 11) is 0. The van der Waals surface area contributed by atoms with E-state index in [9.17, 15) is 26.7 Å². The summed E-state index contributed by atoms with van der Waals surface area (Å²) in [6.07, 6.45) is -3.26. The average molecular weight is 340 g/mol. The maximum atomic E-state index is 13.9. The van der Waals surface area contributed by atoms with Crippen LogP contribution in [0.2, 0.25) is 0 Å². The molecule has 2 rings (SSSR count). The fourth-order valence-corrected chi connectivity index (χ4v) is 2.06. The lowest BCUT2D eigenvalue weighted by Crippen LogP contribution is -2.27. The number of halogens is 5. The van der Waals surface area contributed by atoms with Crippen LogP contribution in [0, 0.1) is 0 Å². The van der Waals surface area contributed by atoms with E-state index in [1.54, 1.807) is 6.07 Å². The molecule has 6 heteroatoms. The van der Waals surface area contributed by atoms with Crippen LogP contribution in [0.25, 0.3) is 6.08 Å².